The first-order valence-corrected chi connectivity index (χ1v) is 9.03. The van der Waals surface area contributed by atoms with E-state index in [2.05, 4.69) is 0 Å². The summed E-state index contributed by atoms with van der Waals surface area (Å²) >= 11 is 0. The number of carbonyl (C=O) groups excluding carboxylic acids is 2. The Hall–Kier alpha value is -1.91. The number of carbonyl (C=O) groups is 2. The van der Waals surface area contributed by atoms with Crippen LogP contribution in [0.1, 0.15) is 63.2 Å². The fourth-order valence-corrected chi connectivity index (χ4v) is 4.13. The lowest BCUT2D eigenvalue weighted by atomic mass is 9.85. The van der Waals surface area contributed by atoms with Crippen LogP contribution in [-0.4, -0.2) is 34.5 Å². The molecule has 2 heterocycles. The largest absolute Gasteiger partial charge is 0.444 e. The number of hydrogen-bond donors (Lipinski definition) is 0. The maximum absolute atomic E-state index is 13.8. The van der Waals surface area contributed by atoms with Gasteiger partial charge in [0, 0.05) is 18.5 Å². The van der Waals surface area contributed by atoms with E-state index in [9.17, 15) is 14.0 Å². The molecule has 3 rings (SSSR count). The van der Waals surface area contributed by atoms with E-state index < -0.39 is 11.4 Å². The lowest BCUT2D eigenvalue weighted by Gasteiger charge is -2.39. The number of fused-ring (bicyclic) bond motifs is 2. The minimum Gasteiger partial charge on any atom is -0.444 e. The van der Waals surface area contributed by atoms with E-state index >= 15 is 0 Å². The second-order valence-corrected chi connectivity index (χ2v) is 8.22. The minimum atomic E-state index is -0.506. The van der Waals surface area contributed by atoms with E-state index in [4.69, 9.17) is 4.74 Å². The van der Waals surface area contributed by atoms with Crippen LogP contribution < -0.4 is 0 Å². The molecule has 5 heteroatoms. The van der Waals surface area contributed by atoms with Crippen LogP contribution in [-0.2, 0) is 4.74 Å². The highest BCUT2D eigenvalue weighted by molar-refractivity contribution is 5.96. The van der Waals surface area contributed by atoms with Crippen molar-refractivity contribution in [1.82, 2.24) is 4.90 Å². The van der Waals surface area contributed by atoms with Gasteiger partial charge in [0.15, 0.2) is 5.78 Å². The van der Waals surface area contributed by atoms with Crippen LogP contribution in [0.25, 0.3) is 0 Å². The summed E-state index contributed by atoms with van der Waals surface area (Å²) in [5.41, 5.74) is -0.335. The Morgan fingerprint density at radius 3 is 2.32 bits per heavy atom. The zero-order valence-electron chi connectivity index (χ0n) is 15.1. The van der Waals surface area contributed by atoms with Gasteiger partial charge in [0.2, 0.25) is 0 Å². The van der Waals surface area contributed by atoms with Gasteiger partial charge in [-0.1, -0.05) is 12.1 Å². The third kappa shape index (κ3) is 4.02. The van der Waals surface area contributed by atoms with Gasteiger partial charge in [0.05, 0.1) is 5.56 Å². The van der Waals surface area contributed by atoms with E-state index in [0.29, 0.717) is 6.42 Å². The summed E-state index contributed by atoms with van der Waals surface area (Å²) in [4.78, 5) is 26.8. The molecular weight excluding hydrogens is 321 g/mol. The van der Waals surface area contributed by atoms with Crippen molar-refractivity contribution in [2.45, 2.75) is 70.6 Å². The van der Waals surface area contributed by atoms with Crippen molar-refractivity contribution < 1.29 is 18.7 Å². The third-order valence-electron chi connectivity index (χ3n) is 5.08. The second kappa shape index (κ2) is 6.77. The Morgan fingerprint density at radius 2 is 1.76 bits per heavy atom. The number of nitrogens with zero attached hydrogens (tertiary/aromatic N) is 1. The Labute approximate surface area is 148 Å². The molecule has 0 radical (unpaired) electrons. The molecule has 4 nitrogen and oxygen atoms in total. The second-order valence-electron chi connectivity index (χ2n) is 8.22. The summed E-state index contributed by atoms with van der Waals surface area (Å²) in [6.07, 6.45) is 3.57. The molecule has 0 aromatic heterocycles. The first-order chi connectivity index (χ1) is 11.7. The highest BCUT2D eigenvalue weighted by Gasteiger charge is 2.45. The van der Waals surface area contributed by atoms with Crippen molar-refractivity contribution in [2.24, 2.45) is 5.92 Å². The van der Waals surface area contributed by atoms with Gasteiger partial charge in [-0.15, -0.1) is 0 Å². The molecule has 2 atom stereocenters. The summed E-state index contributed by atoms with van der Waals surface area (Å²) in [6, 6.07) is 6.40. The van der Waals surface area contributed by atoms with Crippen molar-refractivity contribution in [1.29, 1.82) is 0 Å². The van der Waals surface area contributed by atoms with Crippen molar-refractivity contribution in [3.05, 3.63) is 35.6 Å². The van der Waals surface area contributed by atoms with Crippen LogP contribution in [0.15, 0.2) is 24.3 Å². The Kier molecular flexibility index (Phi) is 4.85. The summed E-state index contributed by atoms with van der Waals surface area (Å²) in [7, 11) is 0. The molecule has 2 saturated heterocycles. The average molecular weight is 347 g/mol. The predicted molar refractivity (Wildman–Crippen MR) is 93.0 cm³/mol. The maximum Gasteiger partial charge on any atom is 0.410 e. The molecule has 1 amide bonds. The number of benzene rings is 1. The molecule has 0 spiro atoms. The van der Waals surface area contributed by atoms with E-state index in [1.807, 2.05) is 25.7 Å². The molecule has 2 unspecified atom stereocenters. The van der Waals surface area contributed by atoms with Crippen LogP contribution in [0.2, 0.25) is 0 Å². The Balaban J connectivity index is 1.63. The number of ether oxygens (including phenoxy) is 1. The van der Waals surface area contributed by atoms with Gasteiger partial charge in [-0.25, -0.2) is 9.18 Å². The van der Waals surface area contributed by atoms with Crippen molar-refractivity contribution in [3.63, 3.8) is 0 Å². The smallest absolute Gasteiger partial charge is 0.410 e. The standard InChI is InChI=1S/C20H26FNO3/c1-20(2,3)25-19(24)22-14-8-9-15(22)11-13(10-14)12-18(23)16-6-4-5-7-17(16)21/h4-7,13-15H,8-12H2,1-3H3. The molecule has 2 bridgehead atoms. The maximum atomic E-state index is 13.8. The molecule has 25 heavy (non-hydrogen) atoms. The number of amides is 1. The van der Waals surface area contributed by atoms with Crippen LogP contribution >= 0.6 is 0 Å². The third-order valence-corrected chi connectivity index (χ3v) is 5.08. The van der Waals surface area contributed by atoms with Gasteiger partial charge in [-0.2, -0.15) is 0 Å². The van der Waals surface area contributed by atoms with Crippen molar-refractivity contribution >= 4 is 11.9 Å². The number of Topliss-reactive ketones (excluding diaryl/α,β-unsaturated/α-hetero) is 1. The Morgan fingerprint density at radius 1 is 1.16 bits per heavy atom. The molecule has 2 aliphatic rings. The fourth-order valence-electron chi connectivity index (χ4n) is 4.13. The van der Waals surface area contributed by atoms with Crippen molar-refractivity contribution in [2.75, 3.05) is 0 Å². The van der Waals surface area contributed by atoms with Crippen LogP contribution in [0.4, 0.5) is 9.18 Å². The van der Waals surface area contributed by atoms with E-state index in [0.717, 1.165) is 25.7 Å². The molecule has 1 aromatic rings. The van der Waals surface area contributed by atoms with Gasteiger partial charge in [0.25, 0.3) is 0 Å². The molecule has 0 aliphatic carbocycles. The summed E-state index contributed by atoms with van der Waals surface area (Å²) < 4.78 is 19.3. The highest BCUT2D eigenvalue weighted by Crippen LogP contribution is 2.41. The van der Waals surface area contributed by atoms with Crippen LogP contribution in [0.5, 0.6) is 0 Å². The monoisotopic (exact) mass is 347 g/mol. The van der Waals surface area contributed by atoms with E-state index in [-0.39, 0.29) is 35.4 Å². The number of rotatable bonds is 3. The lowest BCUT2D eigenvalue weighted by molar-refractivity contribution is 0.00203. The first kappa shape index (κ1) is 17.9. The molecule has 0 N–H and O–H groups in total. The SMILES string of the molecule is CC(C)(C)OC(=O)N1C2CCC1CC(CC(=O)c1ccccc1F)C2. The summed E-state index contributed by atoms with van der Waals surface area (Å²) in [5.74, 6) is -0.404. The predicted octanol–water partition coefficient (Wildman–Crippen LogP) is 4.58. The average Bonchev–Trinajstić information content (AvgIpc) is 2.77. The number of hydrogen-bond acceptors (Lipinski definition) is 3. The fraction of sp³-hybridized carbons (Fsp3) is 0.600. The van der Waals surface area contributed by atoms with Gasteiger partial charge in [-0.3, -0.25) is 4.79 Å². The first-order valence-electron chi connectivity index (χ1n) is 9.03. The number of ketones is 1. The topological polar surface area (TPSA) is 46.6 Å². The van der Waals surface area contributed by atoms with Crippen LogP contribution in [0.3, 0.4) is 0 Å². The number of halogens is 1. The lowest BCUT2D eigenvalue weighted by Crippen LogP contribution is -2.48. The van der Waals surface area contributed by atoms with Gasteiger partial charge < -0.3 is 9.64 Å². The normalized spacial score (nSPS) is 25.8. The van der Waals surface area contributed by atoms with Gasteiger partial charge in [-0.05, 0) is 64.5 Å². The van der Waals surface area contributed by atoms with Crippen LogP contribution in [0, 0.1) is 11.7 Å². The zero-order valence-corrected chi connectivity index (χ0v) is 15.1. The van der Waals surface area contributed by atoms with E-state index in [1.54, 1.807) is 18.2 Å². The highest BCUT2D eigenvalue weighted by atomic mass is 19.1. The van der Waals surface area contributed by atoms with Crippen molar-refractivity contribution in [3.8, 4) is 0 Å². The van der Waals surface area contributed by atoms with Gasteiger partial charge >= 0.3 is 6.09 Å². The van der Waals surface area contributed by atoms with Gasteiger partial charge in [0.1, 0.15) is 11.4 Å². The number of piperidine rings is 1. The summed E-state index contributed by atoms with van der Waals surface area (Å²) in [6.45, 7) is 5.60. The molecule has 2 fully saturated rings. The zero-order chi connectivity index (χ0) is 18.2. The quantitative estimate of drug-likeness (QED) is 0.752. The summed E-state index contributed by atoms with van der Waals surface area (Å²) in [5, 5.41) is 0. The Bertz CT molecular complexity index is 653. The molecule has 136 valence electrons. The minimum absolute atomic E-state index is 0.132. The molecular formula is C20H26FNO3. The van der Waals surface area contributed by atoms with E-state index in [1.165, 1.54) is 6.07 Å². The molecule has 2 aliphatic heterocycles. The molecule has 1 aromatic carbocycles. The molecule has 0 saturated carbocycles.